The van der Waals surface area contributed by atoms with Crippen LogP contribution in [0.1, 0.15) is 0 Å². The van der Waals surface area contributed by atoms with Gasteiger partial charge in [0, 0.05) is 0 Å². The molecule has 0 fully saturated rings. The Bertz CT molecular complexity index is 7570. The molecule has 0 atom stereocenters. The predicted octanol–water partition coefficient (Wildman–Crippen LogP) is 33.3. The second-order valence-electron chi connectivity index (χ2n) is 30.6. The van der Waals surface area contributed by atoms with E-state index in [2.05, 4.69) is 473 Å². The molecule has 0 bridgehead atoms. The van der Waals surface area contributed by atoms with Crippen molar-refractivity contribution in [1.29, 1.82) is 0 Å². The first kappa shape index (κ1) is 70.5. The number of rotatable bonds is 10. The zero-order valence-electron chi connectivity index (χ0n) is 65.0. The van der Waals surface area contributed by atoms with Crippen molar-refractivity contribution in [2.24, 2.45) is 0 Å². The summed E-state index contributed by atoms with van der Waals surface area (Å²) in [5.41, 5.74) is 25.2. The topological polar surface area (TPSA) is 0 Å². The van der Waals surface area contributed by atoms with Gasteiger partial charge in [-0.3, -0.25) is 0 Å². The molecular formula is C118H78. The summed E-state index contributed by atoms with van der Waals surface area (Å²) in [4.78, 5) is 0. The quantitative estimate of drug-likeness (QED) is 0.0946. The smallest absolute Gasteiger partial charge is 0.00201 e. The molecule has 0 saturated heterocycles. The van der Waals surface area contributed by atoms with E-state index < -0.39 is 0 Å². The van der Waals surface area contributed by atoms with E-state index in [1.165, 1.54) is 219 Å². The van der Waals surface area contributed by atoms with Crippen LogP contribution in [0.2, 0.25) is 0 Å². The van der Waals surface area contributed by atoms with Gasteiger partial charge in [-0.25, -0.2) is 0 Å². The van der Waals surface area contributed by atoms with Gasteiger partial charge >= 0.3 is 0 Å². The highest BCUT2D eigenvalue weighted by Crippen LogP contribution is 2.51. The molecule has 550 valence electrons. The summed E-state index contributed by atoms with van der Waals surface area (Å²) in [6.45, 7) is 0. The zero-order valence-corrected chi connectivity index (χ0v) is 65.0. The molecule has 23 rings (SSSR count). The van der Waals surface area contributed by atoms with Gasteiger partial charge in [0.05, 0.1) is 0 Å². The molecule has 0 unspecified atom stereocenters. The fourth-order valence-corrected chi connectivity index (χ4v) is 18.7. The molecule has 0 heteroatoms. The Hall–Kier alpha value is -15.3. The molecule has 23 aromatic rings. The van der Waals surface area contributed by atoms with Crippen molar-refractivity contribution >= 4 is 108 Å². The van der Waals surface area contributed by atoms with E-state index in [0.717, 1.165) is 0 Å². The van der Waals surface area contributed by atoms with Crippen LogP contribution in [0, 0.1) is 0 Å². The average molecular weight is 1500 g/mol. The second kappa shape index (κ2) is 30.9. The first-order valence-corrected chi connectivity index (χ1v) is 40.9. The van der Waals surface area contributed by atoms with Crippen LogP contribution < -0.4 is 0 Å². The largest absolute Gasteiger partial charge is 0.0622 e. The zero-order chi connectivity index (χ0) is 78.2. The fraction of sp³-hybridized carbons (Fsp3) is 0. The van der Waals surface area contributed by atoms with Crippen LogP contribution in [0.4, 0.5) is 0 Å². The molecule has 0 radical (unpaired) electrons. The molecule has 0 aliphatic rings. The Morgan fingerprint density at radius 1 is 0.0847 bits per heavy atom. The van der Waals surface area contributed by atoms with Gasteiger partial charge in [-0.2, -0.15) is 0 Å². The predicted molar refractivity (Wildman–Crippen MR) is 509 cm³/mol. The van der Waals surface area contributed by atoms with Crippen LogP contribution in [0.15, 0.2) is 473 Å². The highest BCUT2D eigenvalue weighted by molar-refractivity contribution is 6.27. The molecule has 0 aliphatic carbocycles. The molecule has 0 saturated carbocycles. The number of fused-ring (bicyclic) bond motifs is 11. The SMILES string of the molecule is c1ccc(-c2ccc(-c3c4ccccc4c(-c4ccccc4-c4ccccc4)c4ccccc34)cc2)cc1.c1ccc(-c2ccccc2-c2c3ccccc3c(-c3ccc4ccc5ccccc5c4c3)c3ccccc23)cc1.c1ccc2c(-c3ccc(-c4c5ccccc5c(-c5cccc6ccccc56)c5ccccc45)cc3)cccc2c1. The highest BCUT2D eigenvalue weighted by atomic mass is 14.3. The molecule has 0 nitrogen and oxygen atoms in total. The Kier molecular flexibility index (Phi) is 18.4. The monoisotopic (exact) mass is 1490 g/mol. The van der Waals surface area contributed by atoms with Crippen LogP contribution in [-0.4, -0.2) is 0 Å². The third kappa shape index (κ3) is 12.8. The minimum absolute atomic E-state index is 1.23. The highest BCUT2D eigenvalue weighted by Gasteiger charge is 2.24. The van der Waals surface area contributed by atoms with E-state index in [1.54, 1.807) is 0 Å². The van der Waals surface area contributed by atoms with Crippen molar-refractivity contribution in [2.45, 2.75) is 0 Å². The third-order valence-electron chi connectivity index (χ3n) is 24.0. The van der Waals surface area contributed by atoms with Gasteiger partial charge in [-0.1, -0.05) is 467 Å². The third-order valence-corrected chi connectivity index (χ3v) is 24.0. The van der Waals surface area contributed by atoms with Gasteiger partial charge < -0.3 is 0 Å². The van der Waals surface area contributed by atoms with Crippen molar-refractivity contribution in [2.75, 3.05) is 0 Å². The Labute approximate surface area is 687 Å². The van der Waals surface area contributed by atoms with Crippen molar-refractivity contribution in [1.82, 2.24) is 0 Å². The van der Waals surface area contributed by atoms with Gasteiger partial charge in [0.15, 0.2) is 0 Å². The fourth-order valence-electron chi connectivity index (χ4n) is 18.7. The maximum atomic E-state index is 2.39. The summed E-state index contributed by atoms with van der Waals surface area (Å²) >= 11 is 0. The van der Waals surface area contributed by atoms with Crippen LogP contribution >= 0.6 is 0 Å². The number of benzene rings is 23. The molecule has 0 N–H and O–H groups in total. The van der Waals surface area contributed by atoms with E-state index in [9.17, 15) is 0 Å². The molecule has 118 heavy (non-hydrogen) atoms. The van der Waals surface area contributed by atoms with Crippen molar-refractivity contribution in [3.63, 3.8) is 0 Å². The maximum Gasteiger partial charge on any atom is -0.00201 e. The van der Waals surface area contributed by atoms with Crippen LogP contribution in [0.5, 0.6) is 0 Å². The lowest BCUT2D eigenvalue weighted by atomic mass is 9.83. The number of hydrogen-bond acceptors (Lipinski definition) is 0. The van der Waals surface area contributed by atoms with Crippen LogP contribution in [0.25, 0.3) is 219 Å². The summed E-state index contributed by atoms with van der Waals surface area (Å²) in [6.07, 6.45) is 0. The molecule has 0 aromatic heterocycles. The molecule has 0 aliphatic heterocycles. The van der Waals surface area contributed by atoms with Crippen molar-refractivity contribution in [3.8, 4) is 111 Å². The Balaban J connectivity index is 0.000000110. The number of hydrogen-bond donors (Lipinski definition) is 0. The van der Waals surface area contributed by atoms with Gasteiger partial charge in [-0.05, 0) is 225 Å². The molecule has 0 heterocycles. The van der Waals surface area contributed by atoms with E-state index in [1.807, 2.05) is 0 Å². The first-order chi connectivity index (χ1) is 58.6. The summed E-state index contributed by atoms with van der Waals surface area (Å²) in [7, 11) is 0. The lowest BCUT2D eigenvalue weighted by Gasteiger charge is -2.20. The standard InChI is InChI=1S/2C40H26.C38H26/c1-3-15-31-27(11-1)13-9-21-32(31)29-23-25-30(26-24-29)39-35-17-5-7-19-37(35)40(38-20-8-6-18-36(38)39)34-22-10-14-28-12-2-4-16-33(28)34;1-2-12-27(13-3-1)31-15-6-7-17-33(31)40-36-20-10-8-18-34(36)39(35-19-9-11-21-37(35)40)30-25-24-29-23-22-28-14-4-5-16-32(28)38(29)26-30;1-3-13-27(14-4-1)28-23-25-30(26-24-28)37-33-19-9-11-21-35(33)38(36-22-12-10-20-34(36)37)32-18-8-7-17-31(32)29-15-5-2-6-16-29/h2*1-26H;1-26H. The summed E-state index contributed by atoms with van der Waals surface area (Å²) in [5, 5.41) is 25.6. The minimum atomic E-state index is 1.23. The maximum absolute atomic E-state index is 2.39. The van der Waals surface area contributed by atoms with Gasteiger partial charge in [0.25, 0.3) is 0 Å². The first-order valence-electron chi connectivity index (χ1n) is 40.9. The van der Waals surface area contributed by atoms with Crippen LogP contribution in [0.3, 0.4) is 0 Å². The van der Waals surface area contributed by atoms with Gasteiger partial charge in [0.1, 0.15) is 0 Å². The summed E-state index contributed by atoms with van der Waals surface area (Å²) in [5.74, 6) is 0. The van der Waals surface area contributed by atoms with E-state index in [4.69, 9.17) is 0 Å². The normalized spacial score (nSPS) is 11.4. The van der Waals surface area contributed by atoms with E-state index in [0.29, 0.717) is 0 Å². The summed E-state index contributed by atoms with van der Waals surface area (Å²) < 4.78 is 0. The van der Waals surface area contributed by atoms with Gasteiger partial charge in [-0.15, -0.1) is 0 Å². The lowest BCUT2D eigenvalue weighted by Crippen LogP contribution is -1.92. The van der Waals surface area contributed by atoms with Crippen molar-refractivity contribution < 1.29 is 0 Å². The van der Waals surface area contributed by atoms with E-state index >= 15 is 0 Å². The Morgan fingerprint density at radius 3 is 0.695 bits per heavy atom. The molecule has 23 aromatic carbocycles. The van der Waals surface area contributed by atoms with Gasteiger partial charge in [0.2, 0.25) is 0 Å². The summed E-state index contributed by atoms with van der Waals surface area (Å²) in [6, 6.07) is 172. The van der Waals surface area contributed by atoms with E-state index in [-0.39, 0.29) is 0 Å². The second-order valence-corrected chi connectivity index (χ2v) is 30.6. The minimum Gasteiger partial charge on any atom is -0.0622 e. The average Bonchev–Trinajstić information content (AvgIpc) is 0.751. The lowest BCUT2D eigenvalue weighted by molar-refractivity contribution is 1.60. The van der Waals surface area contributed by atoms with Crippen molar-refractivity contribution in [3.05, 3.63) is 473 Å². The Morgan fingerprint density at radius 2 is 0.297 bits per heavy atom. The molecule has 0 amide bonds. The molecular weight excluding hydrogens is 1420 g/mol. The van der Waals surface area contributed by atoms with Crippen LogP contribution in [-0.2, 0) is 0 Å². The molecule has 0 spiro atoms.